The van der Waals surface area contributed by atoms with E-state index in [1.54, 1.807) is 0 Å². The van der Waals surface area contributed by atoms with Crippen molar-refractivity contribution in [2.24, 2.45) is 0 Å². The molecule has 1 unspecified atom stereocenters. The SMILES string of the molecule is Cc1cc(C)c2cc(C(c3nnnn3C3CCCCC3)N3CCN(c4cccc(C)c4C)CC3)c(=O)[nH]c2c1. The van der Waals surface area contributed by atoms with Crippen molar-refractivity contribution in [2.75, 3.05) is 31.1 Å². The minimum Gasteiger partial charge on any atom is -0.369 e. The molecule has 8 heteroatoms. The molecule has 1 saturated heterocycles. The molecular weight excluding hydrogens is 486 g/mol. The summed E-state index contributed by atoms with van der Waals surface area (Å²) in [6, 6.07) is 12.8. The molecule has 6 rings (SSSR count). The van der Waals surface area contributed by atoms with Gasteiger partial charge in [0.25, 0.3) is 5.56 Å². The number of aromatic nitrogens is 5. The Morgan fingerprint density at radius 1 is 0.923 bits per heavy atom. The first-order valence-corrected chi connectivity index (χ1v) is 14.4. The fourth-order valence-electron chi connectivity index (χ4n) is 6.66. The Kier molecular flexibility index (Phi) is 6.97. The Morgan fingerprint density at radius 2 is 1.69 bits per heavy atom. The highest BCUT2D eigenvalue weighted by Crippen LogP contribution is 2.34. The van der Waals surface area contributed by atoms with Gasteiger partial charge in [0.05, 0.1) is 6.04 Å². The fourth-order valence-corrected chi connectivity index (χ4v) is 6.66. The fraction of sp³-hybridized carbons (Fsp3) is 0.484. The number of rotatable bonds is 5. The van der Waals surface area contributed by atoms with Crippen LogP contribution in [0.4, 0.5) is 5.69 Å². The number of piperazine rings is 1. The second-order valence-electron chi connectivity index (χ2n) is 11.5. The monoisotopic (exact) mass is 525 g/mol. The standard InChI is InChI=1S/C31H39N7O/c1-20-17-22(3)25-19-26(31(39)32-27(25)18-20)29(30-33-34-35-38(30)24-10-6-5-7-11-24)37-15-13-36(14-16-37)28-12-8-9-21(2)23(28)4/h8-9,12,17-19,24,29H,5-7,10-11,13-16H2,1-4H3,(H,32,39). The third-order valence-electron chi connectivity index (χ3n) is 8.92. The summed E-state index contributed by atoms with van der Waals surface area (Å²) in [4.78, 5) is 21.8. The number of fused-ring (bicyclic) bond motifs is 1. The Labute approximate surface area is 230 Å². The number of tetrazole rings is 1. The molecule has 1 atom stereocenters. The number of nitrogens with zero attached hydrogens (tertiary/aromatic N) is 6. The minimum atomic E-state index is -0.309. The molecule has 2 aliphatic rings. The van der Waals surface area contributed by atoms with E-state index in [9.17, 15) is 4.79 Å². The van der Waals surface area contributed by atoms with Crippen LogP contribution in [0.3, 0.4) is 0 Å². The Bertz CT molecular complexity index is 1540. The topological polar surface area (TPSA) is 82.9 Å². The molecule has 2 aromatic carbocycles. The average Bonchev–Trinajstić information content (AvgIpc) is 3.41. The van der Waals surface area contributed by atoms with Crippen LogP contribution in [0.15, 0.2) is 41.2 Å². The normalized spacial score (nSPS) is 18.1. The van der Waals surface area contributed by atoms with Gasteiger partial charge in [0, 0.05) is 48.3 Å². The lowest BCUT2D eigenvalue weighted by Gasteiger charge is -2.40. The molecule has 1 saturated carbocycles. The zero-order valence-corrected chi connectivity index (χ0v) is 23.6. The van der Waals surface area contributed by atoms with E-state index in [4.69, 9.17) is 0 Å². The molecular formula is C31H39N7O. The van der Waals surface area contributed by atoms with Crippen molar-refractivity contribution < 1.29 is 0 Å². The van der Waals surface area contributed by atoms with Crippen molar-refractivity contribution in [3.05, 3.63) is 80.4 Å². The number of aromatic amines is 1. The smallest absolute Gasteiger partial charge is 0.253 e. The van der Waals surface area contributed by atoms with Gasteiger partial charge in [0.1, 0.15) is 6.04 Å². The summed E-state index contributed by atoms with van der Waals surface area (Å²) in [5.74, 6) is 0.789. The summed E-state index contributed by atoms with van der Waals surface area (Å²) in [5, 5.41) is 14.3. The van der Waals surface area contributed by atoms with Crippen molar-refractivity contribution in [1.82, 2.24) is 30.1 Å². The number of benzene rings is 2. The van der Waals surface area contributed by atoms with Gasteiger partial charge in [-0.15, -0.1) is 5.10 Å². The first kappa shape index (κ1) is 25.7. The largest absolute Gasteiger partial charge is 0.369 e. The van der Waals surface area contributed by atoms with Crippen molar-refractivity contribution in [1.29, 1.82) is 0 Å². The zero-order chi connectivity index (χ0) is 27.1. The van der Waals surface area contributed by atoms with Crippen LogP contribution in [-0.2, 0) is 0 Å². The highest BCUT2D eigenvalue weighted by molar-refractivity contribution is 5.83. The molecule has 0 bridgehead atoms. The maximum Gasteiger partial charge on any atom is 0.253 e. The van der Waals surface area contributed by atoms with Crippen LogP contribution in [0.25, 0.3) is 10.9 Å². The molecule has 0 radical (unpaired) electrons. The summed E-state index contributed by atoms with van der Waals surface area (Å²) >= 11 is 0. The van der Waals surface area contributed by atoms with Crippen LogP contribution >= 0.6 is 0 Å². The van der Waals surface area contributed by atoms with Crippen molar-refractivity contribution in [3.63, 3.8) is 0 Å². The molecule has 3 heterocycles. The first-order valence-electron chi connectivity index (χ1n) is 14.4. The average molecular weight is 526 g/mol. The molecule has 8 nitrogen and oxygen atoms in total. The summed E-state index contributed by atoms with van der Waals surface area (Å²) in [7, 11) is 0. The number of nitrogens with one attached hydrogen (secondary N) is 1. The third kappa shape index (κ3) is 4.86. The van der Waals surface area contributed by atoms with Gasteiger partial charge in [-0.05, 0) is 91.4 Å². The molecule has 4 aromatic rings. The number of anilines is 1. The van der Waals surface area contributed by atoms with E-state index in [0.29, 0.717) is 0 Å². The first-order chi connectivity index (χ1) is 18.9. The molecule has 204 valence electrons. The molecule has 1 N–H and O–H groups in total. The number of aryl methyl sites for hydroxylation is 3. The maximum absolute atomic E-state index is 13.7. The van der Waals surface area contributed by atoms with E-state index in [2.05, 4.69) is 94.4 Å². The summed E-state index contributed by atoms with van der Waals surface area (Å²) in [6.07, 6.45) is 5.81. The van der Waals surface area contributed by atoms with Crippen molar-refractivity contribution in [2.45, 2.75) is 71.9 Å². The molecule has 1 aliphatic carbocycles. The van der Waals surface area contributed by atoms with Crippen molar-refractivity contribution in [3.8, 4) is 0 Å². The maximum atomic E-state index is 13.7. The Balaban J connectivity index is 1.41. The van der Waals surface area contributed by atoms with Crippen LogP contribution in [0, 0.1) is 27.7 Å². The van der Waals surface area contributed by atoms with Crippen LogP contribution in [-0.4, -0.2) is 56.3 Å². The van der Waals surface area contributed by atoms with E-state index in [0.717, 1.165) is 72.4 Å². The van der Waals surface area contributed by atoms with Crippen LogP contribution < -0.4 is 10.5 Å². The predicted octanol–water partition coefficient (Wildman–Crippen LogP) is 5.17. The van der Waals surface area contributed by atoms with Crippen molar-refractivity contribution >= 4 is 16.6 Å². The molecule has 2 fully saturated rings. The predicted molar refractivity (Wildman–Crippen MR) is 156 cm³/mol. The Morgan fingerprint density at radius 3 is 2.46 bits per heavy atom. The molecule has 0 amide bonds. The summed E-state index contributed by atoms with van der Waals surface area (Å²) in [5.41, 5.74) is 7.79. The highest BCUT2D eigenvalue weighted by atomic mass is 16.1. The quantitative estimate of drug-likeness (QED) is 0.387. The number of H-pyrrole nitrogens is 1. The lowest BCUT2D eigenvalue weighted by molar-refractivity contribution is 0.192. The minimum absolute atomic E-state index is 0.0624. The second-order valence-corrected chi connectivity index (χ2v) is 11.5. The van der Waals surface area contributed by atoms with E-state index in [1.165, 1.54) is 36.1 Å². The summed E-state index contributed by atoms with van der Waals surface area (Å²) < 4.78 is 2.03. The van der Waals surface area contributed by atoms with E-state index < -0.39 is 0 Å². The van der Waals surface area contributed by atoms with Gasteiger partial charge in [0.2, 0.25) is 0 Å². The molecule has 0 spiro atoms. The third-order valence-corrected chi connectivity index (χ3v) is 8.92. The van der Waals surface area contributed by atoms with Crippen LogP contribution in [0.2, 0.25) is 0 Å². The van der Waals surface area contributed by atoms with Gasteiger partial charge in [-0.1, -0.05) is 37.5 Å². The van der Waals surface area contributed by atoms with E-state index >= 15 is 0 Å². The molecule has 1 aliphatic heterocycles. The Hall–Kier alpha value is -3.52. The van der Waals surface area contributed by atoms with Gasteiger partial charge in [0.15, 0.2) is 5.82 Å². The zero-order valence-electron chi connectivity index (χ0n) is 23.6. The lowest BCUT2D eigenvalue weighted by atomic mass is 9.94. The van der Waals surface area contributed by atoms with Crippen LogP contribution in [0.5, 0.6) is 0 Å². The lowest BCUT2D eigenvalue weighted by Crippen LogP contribution is -2.49. The van der Waals surface area contributed by atoms with Gasteiger partial charge < -0.3 is 9.88 Å². The van der Waals surface area contributed by atoms with Gasteiger partial charge in [-0.2, -0.15) is 0 Å². The van der Waals surface area contributed by atoms with Gasteiger partial charge in [-0.3, -0.25) is 9.69 Å². The van der Waals surface area contributed by atoms with E-state index in [1.807, 2.05) is 4.68 Å². The van der Waals surface area contributed by atoms with E-state index in [-0.39, 0.29) is 17.6 Å². The highest BCUT2D eigenvalue weighted by Gasteiger charge is 2.34. The van der Waals surface area contributed by atoms with Gasteiger partial charge >= 0.3 is 0 Å². The number of pyridine rings is 1. The van der Waals surface area contributed by atoms with Crippen LogP contribution in [0.1, 0.15) is 77.8 Å². The second kappa shape index (κ2) is 10.6. The van der Waals surface area contributed by atoms with Gasteiger partial charge in [-0.25, -0.2) is 4.68 Å². The molecule has 2 aromatic heterocycles. The molecule has 39 heavy (non-hydrogen) atoms. The summed E-state index contributed by atoms with van der Waals surface area (Å²) in [6.45, 7) is 12.0. The number of hydrogen-bond acceptors (Lipinski definition) is 6. The number of hydrogen-bond donors (Lipinski definition) is 1.